The smallest absolute Gasteiger partial charge is 0.272 e. The summed E-state index contributed by atoms with van der Waals surface area (Å²) in [6, 6.07) is 14.6. The lowest BCUT2D eigenvalue weighted by molar-refractivity contribution is -0.384. The minimum atomic E-state index is -0.474. The highest BCUT2D eigenvalue weighted by Gasteiger charge is 2.26. The Morgan fingerprint density at radius 2 is 1.71 bits per heavy atom. The van der Waals surface area contributed by atoms with Crippen molar-refractivity contribution >= 4 is 17.5 Å². The summed E-state index contributed by atoms with van der Waals surface area (Å²) < 4.78 is 7.17. The average molecular weight is 463 g/mol. The molecular weight excluding hydrogens is 438 g/mol. The number of nitrogens with one attached hydrogen (secondary N) is 1. The molecule has 2 atom stereocenters. The standard InChI is InChI=1S/C24H25N5O5/c1-16-14-27(15-17(2)34-16)24(31)19-5-3-18(4-6-19)13-25-23(30)22-11-12-28(26-22)20-7-9-21(10-8-20)29(32)33/h3-12,16-17H,13-15H2,1-2H3,(H,25,30). The molecule has 1 aliphatic heterocycles. The zero-order valence-corrected chi connectivity index (χ0v) is 18.9. The van der Waals surface area contributed by atoms with Gasteiger partial charge in [0.15, 0.2) is 5.69 Å². The van der Waals surface area contributed by atoms with Gasteiger partial charge in [0.2, 0.25) is 0 Å². The van der Waals surface area contributed by atoms with Gasteiger partial charge in [-0.25, -0.2) is 4.68 Å². The number of rotatable bonds is 6. The number of hydrogen-bond donors (Lipinski definition) is 1. The van der Waals surface area contributed by atoms with E-state index in [1.807, 2.05) is 26.0 Å². The summed E-state index contributed by atoms with van der Waals surface area (Å²) in [5.41, 5.74) is 2.26. The summed E-state index contributed by atoms with van der Waals surface area (Å²) in [5, 5.41) is 17.8. The van der Waals surface area contributed by atoms with Gasteiger partial charge in [0.25, 0.3) is 17.5 Å². The van der Waals surface area contributed by atoms with E-state index < -0.39 is 4.92 Å². The summed E-state index contributed by atoms with van der Waals surface area (Å²) in [6.07, 6.45) is 1.63. The Kier molecular flexibility index (Phi) is 6.69. The minimum absolute atomic E-state index is 0.00562. The lowest BCUT2D eigenvalue weighted by Crippen LogP contribution is -2.48. The van der Waals surface area contributed by atoms with E-state index in [2.05, 4.69) is 10.4 Å². The van der Waals surface area contributed by atoms with Crippen LogP contribution in [0.5, 0.6) is 0 Å². The van der Waals surface area contributed by atoms with Crippen LogP contribution < -0.4 is 5.32 Å². The van der Waals surface area contributed by atoms with Crippen molar-refractivity contribution in [3.63, 3.8) is 0 Å². The van der Waals surface area contributed by atoms with Crippen LogP contribution in [0.3, 0.4) is 0 Å². The number of nitro groups is 1. The van der Waals surface area contributed by atoms with Gasteiger partial charge in [0, 0.05) is 43.5 Å². The van der Waals surface area contributed by atoms with Gasteiger partial charge in [-0.05, 0) is 49.7 Å². The number of carbonyl (C=O) groups excluding carboxylic acids is 2. The fourth-order valence-electron chi connectivity index (χ4n) is 3.88. The van der Waals surface area contributed by atoms with Crippen LogP contribution in [0.4, 0.5) is 5.69 Å². The van der Waals surface area contributed by atoms with E-state index >= 15 is 0 Å². The van der Waals surface area contributed by atoms with Crippen LogP contribution in [0.15, 0.2) is 60.8 Å². The van der Waals surface area contributed by atoms with Gasteiger partial charge >= 0.3 is 0 Å². The predicted octanol–water partition coefficient (Wildman–Crippen LogP) is 2.96. The number of benzene rings is 2. The molecule has 34 heavy (non-hydrogen) atoms. The van der Waals surface area contributed by atoms with Crippen LogP contribution in [-0.4, -0.2) is 56.7 Å². The number of morpholine rings is 1. The number of nitro benzene ring substituents is 1. The topological polar surface area (TPSA) is 120 Å². The molecule has 2 unspecified atom stereocenters. The first-order valence-corrected chi connectivity index (χ1v) is 10.9. The molecule has 2 amide bonds. The van der Waals surface area contributed by atoms with Crippen LogP contribution in [0, 0.1) is 10.1 Å². The molecule has 4 rings (SSSR count). The maximum atomic E-state index is 12.8. The van der Waals surface area contributed by atoms with Crippen molar-refractivity contribution in [2.24, 2.45) is 0 Å². The highest BCUT2D eigenvalue weighted by atomic mass is 16.6. The van der Waals surface area contributed by atoms with Crippen molar-refractivity contribution in [3.8, 4) is 5.69 Å². The fourth-order valence-corrected chi connectivity index (χ4v) is 3.88. The second-order valence-electron chi connectivity index (χ2n) is 8.27. The molecule has 10 heteroatoms. The maximum absolute atomic E-state index is 12.8. The molecule has 0 bridgehead atoms. The summed E-state index contributed by atoms with van der Waals surface area (Å²) in [5.74, 6) is -0.383. The third-order valence-electron chi connectivity index (χ3n) is 5.51. The van der Waals surface area contributed by atoms with E-state index in [9.17, 15) is 19.7 Å². The Balaban J connectivity index is 1.33. The van der Waals surface area contributed by atoms with Crippen LogP contribution in [0.25, 0.3) is 5.69 Å². The van der Waals surface area contributed by atoms with Gasteiger partial charge in [-0.1, -0.05) is 12.1 Å². The Labute approximate surface area is 196 Å². The highest BCUT2D eigenvalue weighted by Crippen LogP contribution is 2.16. The Morgan fingerprint density at radius 3 is 2.32 bits per heavy atom. The molecule has 0 spiro atoms. The third kappa shape index (κ3) is 5.29. The number of ether oxygens (including phenoxy) is 1. The lowest BCUT2D eigenvalue weighted by Gasteiger charge is -2.35. The van der Waals surface area contributed by atoms with Crippen molar-refractivity contribution in [1.29, 1.82) is 0 Å². The number of carbonyl (C=O) groups is 2. The molecule has 0 saturated carbocycles. The van der Waals surface area contributed by atoms with E-state index in [0.29, 0.717) is 24.3 Å². The van der Waals surface area contributed by atoms with Gasteiger partial charge in [0.1, 0.15) is 0 Å². The van der Waals surface area contributed by atoms with Crippen LogP contribution in [0.2, 0.25) is 0 Å². The second kappa shape index (κ2) is 9.84. The molecule has 1 aliphatic rings. The van der Waals surface area contributed by atoms with E-state index in [1.165, 1.54) is 16.8 Å². The average Bonchev–Trinajstić information content (AvgIpc) is 3.32. The van der Waals surface area contributed by atoms with Crippen molar-refractivity contribution < 1.29 is 19.2 Å². The maximum Gasteiger partial charge on any atom is 0.272 e. The fraction of sp³-hybridized carbons (Fsp3) is 0.292. The van der Waals surface area contributed by atoms with Crippen molar-refractivity contribution in [2.45, 2.75) is 32.6 Å². The zero-order valence-electron chi connectivity index (χ0n) is 18.9. The van der Waals surface area contributed by atoms with Crippen molar-refractivity contribution in [2.75, 3.05) is 13.1 Å². The lowest BCUT2D eigenvalue weighted by atomic mass is 10.1. The van der Waals surface area contributed by atoms with Crippen molar-refractivity contribution in [3.05, 3.63) is 87.7 Å². The summed E-state index contributed by atoms with van der Waals surface area (Å²) in [4.78, 5) is 37.4. The molecule has 1 N–H and O–H groups in total. The molecule has 0 radical (unpaired) electrons. The van der Waals surface area contributed by atoms with Gasteiger partial charge in [0.05, 0.1) is 22.8 Å². The summed E-state index contributed by atoms with van der Waals surface area (Å²) in [7, 11) is 0. The molecule has 176 valence electrons. The van der Waals surface area contributed by atoms with Crippen LogP contribution in [0.1, 0.15) is 40.3 Å². The van der Waals surface area contributed by atoms with E-state index in [0.717, 1.165) is 5.56 Å². The molecule has 1 saturated heterocycles. The molecular formula is C24H25N5O5. The molecule has 10 nitrogen and oxygen atoms in total. The third-order valence-corrected chi connectivity index (χ3v) is 5.51. The Bertz CT molecular complexity index is 1180. The van der Waals surface area contributed by atoms with E-state index in [-0.39, 0.29) is 41.9 Å². The van der Waals surface area contributed by atoms with Gasteiger partial charge < -0.3 is 15.0 Å². The quantitative estimate of drug-likeness (QED) is 0.443. The highest BCUT2D eigenvalue weighted by molar-refractivity contribution is 5.94. The summed E-state index contributed by atoms with van der Waals surface area (Å²) >= 11 is 0. The van der Waals surface area contributed by atoms with Gasteiger partial charge in [-0.2, -0.15) is 5.10 Å². The Hall–Kier alpha value is -4.05. The van der Waals surface area contributed by atoms with Gasteiger partial charge in [-0.3, -0.25) is 19.7 Å². The normalized spacial score (nSPS) is 17.9. The molecule has 2 aromatic carbocycles. The molecule has 1 fully saturated rings. The summed E-state index contributed by atoms with van der Waals surface area (Å²) in [6.45, 7) is 5.32. The number of hydrogen-bond acceptors (Lipinski definition) is 6. The first-order valence-electron chi connectivity index (χ1n) is 10.9. The monoisotopic (exact) mass is 463 g/mol. The SMILES string of the molecule is CC1CN(C(=O)c2ccc(CNC(=O)c3ccn(-c4ccc([N+](=O)[O-])cc4)n3)cc2)CC(C)O1. The predicted molar refractivity (Wildman–Crippen MR) is 124 cm³/mol. The zero-order chi connectivity index (χ0) is 24.2. The number of aromatic nitrogens is 2. The first kappa shape index (κ1) is 23.1. The van der Waals surface area contributed by atoms with E-state index in [1.54, 1.807) is 41.4 Å². The second-order valence-corrected chi connectivity index (χ2v) is 8.27. The first-order chi connectivity index (χ1) is 16.3. The van der Waals surface area contributed by atoms with E-state index in [4.69, 9.17) is 4.74 Å². The van der Waals surface area contributed by atoms with Crippen molar-refractivity contribution in [1.82, 2.24) is 20.0 Å². The minimum Gasteiger partial charge on any atom is -0.372 e. The Morgan fingerprint density at radius 1 is 1.06 bits per heavy atom. The molecule has 2 heterocycles. The number of non-ortho nitro benzene ring substituents is 1. The number of nitrogens with zero attached hydrogens (tertiary/aromatic N) is 4. The largest absolute Gasteiger partial charge is 0.372 e. The molecule has 1 aromatic heterocycles. The molecule has 0 aliphatic carbocycles. The van der Waals surface area contributed by atoms with Gasteiger partial charge in [-0.15, -0.1) is 0 Å². The van der Waals surface area contributed by atoms with Crippen LogP contribution >= 0.6 is 0 Å². The molecule has 3 aromatic rings. The van der Waals surface area contributed by atoms with Crippen LogP contribution in [-0.2, 0) is 11.3 Å². The number of amides is 2.